The molecule has 2 atom stereocenters. The zero-order valence-electron chi connectivity index (χ0n) is 12.4. The van der Waals surface area contributed by atoms with Gasteiger partial charge in [-0.1, -0.05) is 39.0 Å². The summed E-state index contributed by atoms with van der Waals surface area (Å²) in [5.41, 5.74) is 0. The van der Waals surface area contributed by atoms with E-state index in [2.05, 4.69) is 17.6 Å². The molecule has 0 radical (unpaired) electrons. The summed E-state index contributed by atoms with van der Waals surface area (Å²) in [6, 6.07) is 0. The molecule has 2 unspecified atom stereocenters. The van der Waals surface area contributed by atoms with Gasteiger partial charge in [-0.05, 0) is 43.7 Å². The molecule has 0 bridgehead atoms. The van der Waals surface area contributed by atoms with Gasteiger partial charge in [0.15, 0.2) is 0 Å². The van der Waals surface area contributed by atoms with Gasteiger partial charge in [0.2, 0.25) is 5.91 Å². The normalized spacial score (nSPS) is 29.1. The second-order valence-corrected chi connectivity index (χ2v) is 6.58. The minimum absolute atomic E-state index is 0.274. The van der Waals surface area contributed by atoms with Crippen LogP contribution in [-0.4, -0.2) is 25.5 Å². The quantitative estimate of drug-likeness (QED) is 0.803. The molecular weight excluding hydrogens is 236 g/mol. The summed E-state index contributed by atoms with van der Waals surface area (Å²) in [6.45, 7) is 5.37. The maximum absolute atomic E-state index is 11.9. The molecule has 1 heterocycles. The smallest absolute Gasteiger partial charge is 0.220 e. The van der Waals surface area contributed by atoms with Crippen molar-refractivity contribution in [3.63, 3.8) is 0 Å². The van der Waals surface area contributed by atoms with E-state index in [1.807, 2.05) is 0 Å². The molecule has 1 aliphatic carbocycles. The molecule has 1 saturated carbocycles. The molecule has 1 saturated heterocycles. The molecule has 1 amide bonds. The molecule has 2 rings (SSSR count). The highest BCUT2D eigenvalue weighted by molar-refractivity contribution is 5.75. The zero-order valence-corrected chi connectivity index (χ0v) is 12.4. The van der Waals surface area contributed by atoms with Gasteiger partial charge in [0.1, 0.15) is 0 Å². The highest BCUT2D eigenvalue weighted by Gasteiger charge is 2.21. The van der Waals surface area contributed by atoms with Crippen LogP contribution < -0.4 is 10.6 Å². The van der Waals surface area contributed by atoms with Crippen molar-refractivity contribution in [2.75, 3.05) is 19.6 Å². The third-order valence-corrected chi connectivity index (χ3v) is 5.03. The Balaban J connectivity index is 1.58. The molecule has 3 nitrogen and oxygen atoms in total. The number of carbonyl (C=O) groups is 1. The molecule has 19 heavy (non-hydrogen) atoms. The van der Waals surface area contributed by atoms with Crippen molar-refractivity contribution >= 4 is 5.91 Å². The van der Waals surface area contributed by atoms with Crippen LogP contribution in [0, 0.1) is 17.8 Å². The number of rotatable bonds is 5. The number of carbonyl (C=O) groups excluding carboxylic acids is 1. The molecule has 2 aliphatic rings. The molecule has 0 aromatic heterocycles. The summed E-state index contributed by atoms with van der Waals surface area (Å²) in [5, 5.41) is 6.56. The second-order valence-electron chi connectivity index (χ2n) is 6.58. The Morgan fingerprint density at radius 3 is 2.74 bits per heavy atom. The van der Waals surface area contributed by atoms with E-state index in [0.29, 0.717) is 11.8 Å². The minimum atomic E-state index is 0.274. The summed E-state index contributed by atoms with van der Waals surface area (Å²) in [6.07, 6.45) is 9.88. The fourth-order valence-corrected chi connectivity index (χ4v) is 3.52. The van der Waals surface area contributed by atoms with Crippen molar-refractivity contribution in [1.29, 1.82) is 0 Å². The number of piperidine rings is 1. The van der Waals surface area contributed by atoms with E-state index in [-0.39, 0.29) is 5.91 Å². The van der Waals surface area contributed by atoms with Gasteiger partial charge in [0, 0.05) is 13.0 Å². The number of hydrogen-bond donors (Lipinski definition) is 2. The summed E-state index contributed by atoms with van der Waals surface area (Å²) < 4.78 is 0. The van der Waals surface area contributed by atoms with Crippen molar-refractivity contribution in [3.8, 4) is 0 Å². The van der Waals surface area contributed by atoms with Gasteiger partial charge in [-0.15, -0.1) is 0 Å². The van der Waals surface area contributed by atoms with Crippen LogP contribution in [0.2, 0.25) is 0 Å². The van der Waals surface area contributed by atoms with Crippen LogP contribution in [0.1, 0.15) is 58.3 Å². The molecule has 0 spiro atoms. The second kappa shape index (κ2) is 7.88. The Hall–Kier alpha value is -0.570. The van der Waals surface area contributed by atoms with E-state index >= 15 is 0 Å². The van der Waals surface area contributed by atoms with Crippen molar-refractivity contribution in [2.45, 2.75) is 58.3 Å². The average molecular weight is 266 g/mol. The molecule has 0 aromatic rings. The van der Waals surface area contributed by atoms with Crippen LogP contribution >= 0.6 is 0 Å². The maximum atomic E-state index is 11.9. The van der Waals surface area contributed by atoms with Crippen molar-refractivity contribution in [2.24, 2.45) is 17.8 Å². The van der Waals surface area contributed by atoms with Gasteiger partial charge in [0.05, 0.1) is 0 Å². The summed E-state index contributed by atoms with van der Waals surface area (Å²) >= 11 is 0. The predicted octanol–water partition coefficient (Wildman–Crippen LogP) is 2.71. The minimum Gasteiger partial charge on any atom is -0.356 e. The Kier molecular flexibility index (Phi) is 6.15. The molecule has 2 N–H and O–H groups in total. The average Bonchev–Trinajstić information content (AvgIpc) is 2.45. The summed E-state index contributed by atoms with van der Waals surface area (Å²) in [5.74, 6) is 2.45. The number of hydrogen-bond acceptors (Lipinski definition) is 2. The predicted molar refractivity (Wildman–Crippen MR) is 79.0 cm³/mol. The molecule has 110 valence electrons. The first-order chi connectivity index (χ1) is 9.25. The van der Waals surface area contributed by atoms with E-state index in [1.54, 1.807) is 0 Å². The fraction of sp³-hybridized carbons (Fsp3) is 0.938. The lowest BCUT2D eigenvalue weighted by molar-refractivity contribution is -0.121. The first-order valence-electron chi connectivity index (χ1n) is 8.23. The largest absolute Gasteiger partial charge is 0.356 e. The Morgan fingerprint density at radius 2 is 2.00 bits per heavy atom. The van der Waals surface area contributed by atoms with Crippen LogP contribution in [-0.2, 0) is 4.79 Å². The number of nitrogens with one attached hydrogen (secondary N) is 2. The first-order valence-corrected chi connectivity index (χ1v) is 8.23. The van der Waals surface area contributed by atoms with Gasteiger partial charge in [-0.2, -0.15) is 0 Å². The third kappa shape index (κ3) is 5.13. The van der Waals surface area contributed by atoms with E-state index < -0.39 is 0 Å². The van der Waals surface area contributed by atoms with E-state index in [0.717, 1.165) is 38.4 Å². The van der Waals surface area contributed by atoms with Crippen LogP contribution in [0.3, 0.4) is 0 Å². The fourth-order valence-electron chi connectivity index (χ4n) is 3.52. The van der Waals surface area contributed by atoms with E-state index in [9.17, 15) is 4.79 Å². The molecule has 1 aliphatic heterocycles. The van der Waals surface area contributed by atoms with E-state index in [1.165, 1.54) is 38.5 Å². The van der Waals surface area contributed by atoms with E-state index in [4.69, 9.17) is 0 Å². The van der Waals surface area contributed by atoms with Crippen LogP contribution in [0.15, 0.2) is 0 Å². The van der Waals surface area contributed by atoms with Gasteiger partial charge >= 0.3 is 0 Å². The standard InChI is InChI=1S/C16H30N2O/c1-13-11-17-10-9-15(13)12-18-16(19)8-7-14-5-3-2-4-6-14/h13-15,17H,2-12H2,1H3,(H,18,19). The monoisotopic (exact) mass is 266 g/mol. The molecular formula is C16H30N2O. The summed E-state index contributed by atoms with van der Waals surface area (Å²) in [4.78, 5) is 11.9. The highest BCUT2D eigenvalue weighted by atomic mass is 16.1. The Morgan fingerprint density at radius 1 is 1.21 bits per heavy atom. The van der Waals surface area contributed by atoms with Crippen molar-refractivity contribution < 1.29 is 4.79 Å². The third-order valence-electron chi connectivity index (χ3n) is 5.03. The van der Waals surface area contributed by atoms with Crippen molar-refractivity contribution in [3.05, 3.63) is 0 Å². The lowest BCUT2D eigenvalue weighted by Crippen LogP contribution is -2.41. The Bertz CT molecular complexity index is 274. The number of amides is 1. The maximum Gasteiger partial charge on any atom is 0.220 e. The Labute approximate surface area is 117 Å². The lowest BCUT2D eigenvalue weighted by atomic mass is 9.86. The lowest BCUT2D eigenvalue weighted by Gasteiger charge is -2.29. The highest BCUT2D eigenvalue weighted by Crippen LogP contribution is 2.27. The molecule has 3 heteroatoms. The summed E-state index contributed by atoms with van der Waals surface area (Å²) in [7, 11) is 0. The molecule has 2 fully saturated rings. The molecule has 0 aromatic carbocycles. The van der Waals surface area contributed by atoms with Crippen LogP contribution in [0.5, 0.6) is 0 Å². The van der Waals surface area contributed by atoms with Crippen molar-refractivity contribution in [1.82, 2.24) is 10.6 Å². The topological polar surface area (TPSA) is 41.1 Å². The van der Waals surface area contributed by atoms with Crippen LogP contribution in [0.4, 0.5) is 0 Å². The van der Waals surface area contributed by atoms with Crippen LogP contribution in [0.25, 0.3) is 0 Å². The SMILES string of the molecule is CC1CNCCC1CNC(=O)CCC1CCCCC1. The van der Waals surface area contributed by atoms with Gasteiger partial charge in [0.25, 0.3) is 0 Å². The first kappa shape index (κ1) is 14.8. The van der Waals surface area contributed by atoms with Gasteiger partial charge < -0.3 is 10.6 Å². The van der Waals surface area contributed by atoms with Gasteiger partial charge in [-0.3, -0.25) is 4.79 Å². The van der Waals surface area contributed by atoms with Gasteiger partial charge in [-0.25, -0.2) is 0 Å². The zero-order chi connectivity index (χ0) is 13.5.